The minimum absolute atomic E-state index is 0.00711. The first kappa shape index (κ1) is 45.9. The van der Waals surface area contributed by atoms with E-state index in [0.29, 0.717) is 38.5 Å². The SMILES string of the molecule is O=C(O)CCCC=CCC=CCC=CCC(CCCCCC[N+](=O)[O-])C(CCC=CCC=CCC=CCC=CCCCCC[N+](=O)[O-])C(=O)O. The summed E-state index contributed by atoms with van der Waals surface area (Å²) < 4.78 is 0. The molecule has 2 N–H and O–H groups in total. The molecular weight excluding hydrogens is 636 g/mol. The lowest BCUT2D eigenvalue weighted by Crippen LogP contribution is -2.23. The Labute approximate surface area is 299 Å². The van der Waals surface area contributed by atoms with Crippen molar-refractivity contribution < 1.29 is 29.6 Å². The van der Waals surface area contributed by atoms with Gasteiger partial charge in [0.1, 0.15) is 0 Å². The summed E-state index contributed by atoms with van der Waals surface area (Å²) in [5.74, 6) is -1.98. The highest BCUT2D eigenvalue weighted by atomic mass is 16.6. The van der Waals surface area contributed by atoms with Gasteiger partial charge in [-0.1, -0.05) is 97.9 Å². The molecule has 2 unspecified atom stereocenters. The number of nitrogens with zero attached hydrogens (tertiary/aromatic N) is 2. The van der Waals surface area contributed by atoms with Crippen molar-refractivity contribution in [3.63, 3.8) is 0 Å². The number of allylic oxidation sites excluding steroid dienone is 14. The van der Waals surface area contributed by atoms with Gasteiger partial charge < -0.3 is 10.2 Å². The van der Waals surface area contributed by atoms with Crippen LogP contribution in [0.5, 0.6) is 0 Å². The summed E-state index contributed by atoms with van der Waals surface area (Å²) in [6, 6.07) is 0. The van der Waals surface area contributed by atoms with Crippen LogP contribution in [0.3, 0.4) is 0 Å². The molecule has 0 amide bonds. The maximum Gasteiger partial charge on any atom is 0.306 e. The molecule has 10 nitrogen and oxygen atoms in total. The third-order valence-electron chi connectivity index (χ3n) is 8.14. The minimum Gasteiger partial charge on any atom is -0.481 e. The zero-order valence-corrected chi connectivity index (χ0v) is 30.0. The zero-order chi connectivity index (χ0) is 36.9. The molecule has 2 atom stereocenters. The molecule has 0 rings (SSSR count). The molecule has 0 saturated carbocycles. The average Bonchev–Trinajstić information content (AvgIpc) is 3.06. The van der Waals surface area contributed by atoms with E-state index in [1.54, 1.807) is 0 Å². The van der Waals surface area contributed by atoms with Crippen molar-refractivity contribution in [3.05, 3.63) is 105 Å². The number of aliphatic carboxylic acids is 2. The molecular formula is C40H62N2O8. The first-order chi connectivity index (χ1) is 24.2. The standard InChI is InChI=1S/C40H62N2O8/c43-39(44)34-28-21-17-13-9-8-11-15-19-25-31-37(32-26-22-24-30-36-42(49)50)38(40(45)46)33-27-20-16-12-7-5-3-1-2-4-6-10-14-18-23-29-35-41(47)48/h1-2,5-8,10-11,13,16-17,19-20,25,37-38H,3-4,9,12,14-15,18,21-24,26-36H2,(H,43,44)(H,45,46). The summed E-state index contributed by atoms with van der Waals surface area (Å²) in [7, 11) is 0. The van der Waals surface area contributed by atoms with Crippen molar-refractivity contribution in [1.29, 1.82) is 0 Å². The van der Waals surface area contributed by atoms with Gasteiger partial charge in [-0.2, -0.15) is 0 Å². The first-order valence-electron chi connectivity index (χ1n) is 18.5. The Balaban J connectivity index is 4.61. The van der Waals surface area contributed by atoms with Gasteiger partial charge in [-0.3, -0.25) is 29.8 Å². The summed E-state index contributed by atoms with van der Waals surface area (Å²) >= 11 is 0. The highest BCUT2D eigenvalue weighted by Gasteiger charge is 2.26. The van der Waals surface area contributed by atoms with Gasteiger partial charge in [0, 0.05) is 29.1 Å². The van der Waals surface area contributed by atoms with Crippen LogP contribution < -0.4 is 0 Å². The summed E-state index contributed by atoms with van der Waals surface area (Å²) in [6.07, 6.45) is 44.1. The topological polar surface area (TPSA) is 161 Å². The van der Waals surface area contributed by atoms with Crippen LogP contribution in [0.25, 0.3) is 0 Å². The molecule has 10 heteroatoms. The van der Waals surface area contributed by atoms with Gasteiger partial charge in [0.05, 0.1) is 5.92 Å². The van der Waals surface area contributed by atoms with E-state index in [-0.39, 0.29) is 35.3 Å². The van der Waals surface area contributed by atoms with Crippen LogP contribution in [0, 0.1) is 32.1 Å². The van der Waals surface area contributed by atoms with Crippen LogP contribution in [0.15, 0.2) is 85.1 Å². The Hall–Kier alpha value is -4.08. The molecule has 0 aliphatic heterocycles. The average molecular weight is 699 g/mol. The van der Waals surface area contributed by atoms with Gasteiger partial charge in [-0.05, 0) is 102 Å². The van der Waals surface area contributed by atoms with E-state index in [0.717, 1.165) is 83.5 Å². The quantitative estimate of drug-likeness (QED) is 0.0290. The lowest BCUT2D eigenvalue weighted by atomic mass is 9.82. The fourth-order valence-electron chi connectivity index (χ4n) is 5.35. The van der Waals surface area contributed by atoms with Crippen LogP contribution >= 0.6 is 0 Å². The number of hydrogen-bond acceptors (Lipinski definition) is 6. The van der Waals surface area contributed by atoms with Crippen LogP contribution in [-0.4, -0.2) is 45.1 Å². The minimum atomic E-state index is -0.771. The monoisotopic (exact) mass is 698 g/mol. The van der Waals surface area contributed by atoms with Crippen LogP contribution in [0.4, 0.5) is 0 Å². The van der Waals surface area contributed by atoms with Crippen LogP contribution in [-0.2, 0) is 9.59 Å². The Morgan fingerprint density at radius 3 is 1.40 bits per heavy atom. The lowest BCUT2D eigenvalue weighted by molar-refractivity contribution is -0.480. The highest BCUT2D eigenvalue weighted by molar-refractivity contribution is 5.70. The smallest absolute Gasteiger partial charge is 0.306 e. The van der Waals surface area contributed by atoms with Gasteiger partial charge in [-0.25, -0.2) is 0 Å². The van der Waals surface area contributed by atoms with Crippen molar-refractivity contribution in [3.8, 4) is 0 Å². The second-order valence-corrected chi connectivity index (χ2v) is 12.4. The molecule has 0 fully saturated rings. The number of carboxylic acids is 2. The zero-order valence-electron chi connectivity index (χ0n) is 30.0. The number of hydrogen-bond donors (Lipinski definition) is 2. The summed E-state index contributed by atoms with van der Waals surface area (Å²) in [6.45, 7) is 0.0355. The maximum atomic E-state index is 12.3. The number of rotatable bonds is 34. The molecule has 0 spiro atoms. The number of unbranched alkanes of at least 4 members (excludes halogenated alkanes) is 7. The fourth-order valence-corrected chi connectivity index (χ4v) is 5.35. The second-order valence-electron chi connectivity index (χ2n) is 12.4. The Kier molecular flexibility index (Phi) is 31.9. The molecule has 0 aromatic carbocycles. The Morgan fingerprint density at radius 2 is 0.920 bits per heavy atom. The van der Waals surface area contributed by atoms with E-state index in [4.69, 9.17) is 5.11 Å². The van der Waals surface area contributed by atoms with Gasteiger partial charge in [-0.15, -0.1) is 0 Å². The van der Waals surface area contributed by atoms with Crippen molar-refractivity contribution in [2.45, 2.75) is 128 Å². The fraction of sp³-hybridized carbons (Fsp3) is 0.600. The first-order valence-corrected chi connectivity index (χ1v) is 18.5. The van der Waals surface area contributed by atoms with Gasteiger partial charge >= 0.3 is 11.9 Å². The molecule has 0 aliphatic carbocycles. The molecule has 0 aliphatic rings. The van der Waals surface area contributed by atoms with E-state index in [9.17, 15) is 34.9 Å². The van der Waals surface area contributed by atoms with Gasteiger partial charge in [0.25, 0.3) is 0 Å². The number of carboxylic acid groups (broad SMARTS) is 2. The molecule has 280 valence electrons. The van der Waals surface area contributed by atoms with Crippen LogP contribution in [0.2, 0.25) is 0 Å². The highest BCUT2D eigenvalue weighted by Crippen LogP contribution is 2.28. The molecule has 0 heterocycles. The predicted octanol–water partition coefficient (Wildman–Crippen LogP) is 10.6. The second kappa shape index (κ2) is 34.8. The maximum absolute atomic E-state index is 12.3. The van der Waals surface area contributed by atoms with Crippen molar-refractivity contribution in [1.82, 2.24) is 0 Å². The lowest BCUT2D eigenvalue weighted by Gasteiger charge is -2.23. The molecule has 0 aromatic rings. The van der Waals surface area contributed by atoms with E-state index in [1.165, 1.54) is 0 Å². The Bertz CT molecular complexity index is 1120. The van der Waals surface area contributed by atoms with Gasteiger partial charge in [0.15, 0.2) is 0 Å². The molecule has 0 radical (unpaired) electrons. The van der Waals surface area contributed by atoms with Crippen molar-refractivity contribution in [2.75, 3.05) is 13.1 Å². The molecule has 0 aromatic heterocycles. The summed E-state index contributed by atoms with van der Waals surface area (Å²) in [5.41, 5.74) is 0. The summed E-state index contributed by atoms with van der Waals surface area (Å²) in [4.78, 5) is 43.2. The number of nitro groups is 2. The Morgan fingerprint density at radius 1 is 0.500 bits per heavy atom. The van der Waals surface area contributed by atoms with Crippen molar-refractivity contribution >= 4 is 11.9 Å². The molecule has 50 heavy (non-hydrogen) atoms. The predicted molar refractivity (Wildman–Crippen MR) is 202 cm³/mol. The van der Waals surface area contributed by atoms with Gasteiger partial charge in [0.2, 0.25) is 13.1 Å². The third kappa shape index (κ3) is 33.8. The summed E-state index contributed by atoms with van der Waals surface area (Å²) in [5, 5.41) is 39.7. The number of carbonyl (C=O) groups is 2. The normalized spacial score (nSPS) is 13.7. The van der Waals surface area contributed by atoms with Crippen LogP contribution in [0.1, 0.15) is 128 Å². The third-order valence-corrected chi connectivity index (χ3v) is 8.14. The van der Waals surface area contributed by atoms with E-state index < -0.39 is 17.9 Å². The molecule has 0 bridgehead atoms. The van der Waals surface area contributed by atoms with E-state index in [2.05, 4.69) is 72.9 Å². The van der Waals surface area contributed by atoms with E-state index in [1.807, 2.05) is 12.2 Å². The largest absolute Gasteiger partial charge is 0.481 e. The van der Waals surface area contributed by atoms with Crippen molar-refractivity contribution in [2.24, 2.45) is 11.8 Å². The molecule has 0 saturated heterocycles. The van der Waals surface area contributed by atoms with E-state index >= 15 is 0 Å².